The Balaban J connectivity index is 4.13. The number of phosphoric ester groups is 1. The van der Waals surface area contributed by atoms with Crippen LogP contribution in [-0.4, -0.2) is 49.3 Å². The summed E-state index contributed by atoms with van der Waals surface area (Å²) in [5.41, 5.74) is 5.30. The van der Waals surface area contributed by atoms with Crippen LogP contribution in [0, 0.1) is 0 Å². The van der Waals surface area contributed by atoms with Crippen LogP contribution in [0.2, 0.25) is 0 Å². The number of ether oxygens (including phenoxy) is 2. The molecule has 0 saturated carbocycles. The van der Waals surface area contributed by atoms with Gasteiger partial charge >= 0.3 is 19.8 Å². The van der Waals surface area contributed by atoms with E-state index in [0.29, 0.717) is 6.42 Å². The highest BCUT2D eigenvalue weighted by Gasteiger charge is 2.25. The van der Waals surface area contributed by atoms with Crippen molar-refractivity contribution >= 4 is 19.8 Å². The molecule has 3 N–H and O–H groups in total. The highest BCUT2D eigenvalue weighted by molar-refractivity contribution is 7.47. The zero-order valence-corrected chi connectivity index (χ0v) is 28.3. The van der Waals surface area contributed by atoms with Gasteiger partial charge in [-0.05, 0) is 38.5 Å². The number of phosphoric acid groups is 1. The number of carbonyl (C=O) groups is 2. The molecule has 0 amide bonds. The summed E-state index contributed by atoms with van der Waals surface area (Å²) >= 11 is 0. The van der Waals surface area contributed by atoms with Crippen molar-refractivity contribution in [2.75, 3.05) is 26.4 Å². The number of rotatable bonds is 32. The molecule has 0 radical (unpaired) electrons. The van der Waals surface area contributed by atoms with Crippen LogP contribution in [0.15, 0.2) is 12.2 Å². The second kappa shape index (κ2) is 30.8. The van der Waals surface area contributed by atoms with Crippen LogP contribution in [0.25, 0.3) is 0 Å². The van der Waals surface area contributed by atoms with E-state index in [2.05, 4.69) is 26.0 Å². The van der Waals surface area contributed by atoms with Crippen molar-refractivity contribution in [3.8, 4) is 0 Å². The molecular formula is C33H64NO8P. The lowest BCUT2D eigenvalue weighted by Gasteiger charge is -2.19. The molecule has 254 valence electrons. The third-order valence-electron chi connectivity index (χ3n) is 7.15. The fourth-order valence-electron chi connectivity index (χ4n) is 4.57. The Morgan fingerprint density at radius 2 is 1.14 bits per heavy atom. The van der Waals surface area contributed by atoms with Gasteiger partial charge in [-0.25, -0.2) is 4.57 Å². The van der Waals surface area contributed by atoms with E-state index in [-0.39, 0.29) is 32.6 Å². The molecule has 0 aliphatic carbocycles. The molecule has 9 nitrogen and oxygen atoms in total. The van der Waals surface area contributed by atoms with Crippen LogP contribution >= 0.6 is 7.82 Å². The molecule has 10 heteroatoms. The first kappa shape index (κ1) is 41.8. The maximum Gasteiger partial charge on any atom is 0.472 e. The van der Waals surface area contributed by atoms with Crippen LogP contribution in [0.3, 0.4) is 0 Å². The molecule has 0 aliphatic heterocycles. The summed E-state index contributed by atoms with van der Waals surface area (Å²) in [6.07, 6.45) is 27.1. The Kier molecular flexibility index (Phi) is 29.9. The van der Waals surface area contributed by atoms with Crippen molar-refractivity contribution in [2.24, 2.45) is 5.73 Å². The van der Waals surface area contributed by atoms with Gasteiger partial charge in [0.05, 0.1) is 13.2 Å². The van der Waals surface area contributed by atoms with Crippen LogP contribution < -0.4 is 5.73 Å². The van der Waals surface area contributed by atoms with E-state index in [1.807, 2.05) is 0 Å². The molecule has 0 aliphatic rings. The molecule has 43 heavy (non-hydrogen) atoms. The average molecular weight is 634 g/mol. The largest absolute Gasteiger partial charge is 0.472 e. The first-order valence-corrected chi connectivity index (χ1v) is 18.7. The van der Waals surface area contributed by atoms with Gasteiger partial charge < -0.3 is 20.1 Å². The van der Waals surface area contributed by atoms with Crippen molar-refractivity contribution in [3.63, 3.8) is 0 Å². The van der Waals surface area contributed by atoms with E-state index >= 15 is 0 Å². The number of unbranched alkanes of at least 4 members (excludes halogenated alkanes) is 17. The summed E-state index contributed by atoms with van der Waals surface area (Å²) in [5, 5.41) is 0. The highest BCUT2D eigenvalue weighted by atomic mass is 31.2. The number of allylic oxidation sites excluding steroid dienone is 2. The minimum absolute atomic E-state index is 0.0545. The Labute approximate surface area is 262 Å². The lowest BCUT2D eigenvalue weighted by Crippen LogP contribution is -2.29. The van der Waals surface area contributed by atoms with Crippen molar-refractivity contribution in [2.45, 2.75) is 161 Å². The molecule has 0 aromatic carbocycles. The number of hydrogen-bond acceptors (Lipinski definition) is 8. The first-order valence-electron chi connectivity index (χ1n) is 17.2. The van der Waals surface area contributed by atoms with Gasteiger partial charge in [0.2, 0.25) is 0 Å². The van der Waals surface area contributed by atoms with Gasteiger partial charge in [-0.2, -0.15) is 0 Å². The van der Waals surface area contributed by atoms with Crippen molar-refractivity contribution < 1.29 is 37.6 Å². The minimum Gasteiger partial charge on any atom is -0.462 e. The highest BCUT2D eigenvalue weighted by Crippen LogP contribution is 2.43. The maximum atomic E-state index is 12.4. The van der Waals surface area contributed by atoms with Gasteiger partial charge in [0.25, 0.3) is 0 Å². The van der Waals surface area contributed by atoms with Crippen molar-refractivity contribution in [1.82, 2.24) is 0 Å². The fraction of sp³-hybridized carbons (Fsp3) is 0.879. The van der Waals surface area contributed by atoms with Gasteiger partial charge in [-0.1, -0.05) is 116 Å². The zero-order valence-electron chi connectivity index (χ0n) is 27.4. The third kappa shape index (κ3) is 30.6. The van der Waals surface area contributed by atoms with Crippen molar-refractivity contribution in [3.05, 3.63) is 12.2 Å². The Hall–Kier alpha value is -1.25. The van der Waals surface area contributed by atoms with E-state index in [1.54, 1.807) is 0 Å². The monoisotopic (exact) mass is 633 g/mol. The molecule has 0 bridgehead atoms. The molecule has 0 saturated heterocycles. The van der Waals surface area contributed by atoms with Gasteiger partial charge in [-0.15, -0.1) is 0 Å². The topological polar surface area (TPSA) is 134 Å². The summed E-state index contributed by atoms with van der Waals surface area (Å²) in [5.74, 6) is -0.846. The van der Waals surface area contributed by atoms with Gasteiger partial charge in [0, 0.05) is 19.4 Å². The number of esters is 2. The van der Waals surface area contributed by atoms with E-state index < -0.39 is 32.5 Å². The molecular weight excluding hydrogens is 569 g/mol. The molecule has 0 aromatic rings. The number of nitrogens with two attached hydrogens (primary N) is 1. The first-order chi connectivity index (χ1) is 20.8. The van der Waals surface area contributed by atoms with Gasteiger partial charge in [-0.3, -0.25) is 18.6 Å². The van der Waals surface area contributed by atoms with Gasteiger partial charge in [0.1, 0.15) is 6.61 Å². The number of carbonyl (C=O) groups excluding carboxylic acids is 2. The Bertz CT molecular complexity index is 734. The normalized spacial score (nSPS) is 13.7. The van der Waals surface area contributed by atoms with Crippen LogP contribution in [0.1, 0.15) is 155 Å². The molecule has 2 unspecified atom stereocenters. The lowest BCUT2D eigenvalue weighted by molar-refractivity contribution is -0.161. The summed E-state index contributed by atoms with van der Waals surface area (Å²) in [4.78, 5) is 34.3. The van der Waals surface area contributed by atoms with Gasteiger partial charge in [0.15, 0.2) is 6.10 Å². The predicted molar refractivity (Wildman–Crippen MR) is 174 cm³/mol. The molecule has 2 atom stereocenters. The maximum absolute atomic E-state index is 12.4. The smallest absolute Gasteiger partial charge is 0.462 e. The Morgan fingerprint density at radius 1 is 0.674 bits per heavy atom. The Morgan fingerprint density at radius 3 is 1.65 bits per heavy atom. The van der Waals surface area contributed by atoms with E-state index in [0.717, 1.165) is 57.8 Å². The summed E-state index contributed by atoms with van der Waals surface area (Å²) in [6, 6.07) is 0. The second-order valence-corrected chi connectivity index (χ2v) is 12.8. The quantitative estimate of drug-likeness (QED) is 0.0323. The fourth-order valence-corrected chi connectivity index (χ4v) is 5.33. The summed E-state index contributed by atoms with van der Waals surface area (Å²) in [7, 11) is -4.35. The minimum atomic E-state index is -4.35. The molecule has 0 rings (SSSR count). The van der Waals surface area contributed by atoms with Crippen LogP contribution in [-0.2, 0) is 32.7 Å². The predicted octanol–water partition coefficient (Wildman–Crippen LogP) is 8.71. The SMILES string of the molecule is CCCCCCCC/C=C\CCCCCCCCCC(=O)OC(COC(=O)CCCCCCC)COP(=O)(O)OCCN. The number of hydrogen-bond donors (Lipinski definition) is 2. The van der Waals surface area contributed by atoms with Crippen LogP contribution in [0.5, 0.6) is 0 Å². The summed E-state index contributed by atoms with van der Waals surface area (Å²) < 4.78 is 32.3. The average Bonchev–Trinajstić information content (AvgIpc) is 2.99. The zero-order chi connectivity index (χ0) is 31.9. The molecule has 0 heterocycles. The molecule has 0 spiro atoms. The van der Waals surface area contributed by atoms with E-state index in [4.69, 9.17) is 24.3 Å². The van der Waals surface area contributed by atoms with Crippen LogP contribution in [0.4, 0.5) is 0 Å². The van der Waals surface area contributed by atoms with Crippen molar-refractivity contribution in [1.29, 1.82) is 0 Å². The molecule has 0 aromatic heterocycles. The lowest BCUT2D eigenvalue weighted by atomic mass is 10.1. The standard InChI is InChI=1S/C33H64NO8P/c1-3-5-7-9-10-11-12-13-14-15-16-17-18-19-20-22-24-26-33(36)42-31(30-41-43(37,38)40-28-27-34)29-39-32(35)25-23-21-8-6-4-2/h13-14,31H,3-12,15-30,34H2,1-2H3,(H,37,38)/b14-13-. The summed E-state index contributed by atoms with van der Waals surface area (Å²) in [6.45, 7) is 3.61. The van der Waals surface area contributed by atoms with E-state index in [1.165, 1.54) is 64.2 Å². The third-order valence-corrected chi connectivity index (χ3v) is 8.14. The van der Waals surface area contributed by atoms with E-state index in [9.17, 15) is 19.0 Å². The molecule has 0 fully saturated rings. The second-order valence-electron chi connectivity index (χ2n) is 11.4.